The van der Waals surface area contributed by atoms with E-state index in [0.717, 1.165) is 7.11 Å². The van der Waals surface area contributed by atoms with E-state index in [1.54, 1.807) is 0 Å². The van der Waals surface area contributed by atoms with Crippen LogP contribution in [-0.4, -0.2) is 35.2 Å². The summed E-state index contributed by atoms with van der Waals surface area (Å²) < 4.78 is 4.02. The van der Waals surface area contributed by atoms with Crippen molar-refractivity contribution in [2.75, 3.05) is 7.11 Å². The standard InChI is InChI=1S/C6H6O6/c1-12-6(11)3(5(9)10)2-4(7)8/h2H,1H3,(H,7,8)(H,9,10)/b3-2+. The minimum absolute atomic E-state index is 0.272. The molecule has 0 rings (SSSR count). The van der Waals surface area contributed by atoms with Crippen LogP contribution in [0.3, 0.4) is 0 Å². The number of carbonyl (C=O) groups excluding carboxylic acids is 1. The Labute approximate surface area is 67.1 Å². The Morgan fingerprint density at radius 3 is 2.00 bits per heavy atom. The molecule has 6 heteroatoms. The van der Waals surface area contributed by atoms with E-state index >= 15 is 0 Å². The summed E-state index contributed by atoms with van der Waals surface area (Å²) in [4.78, 5) is 30.7. The van der Waals surface area contributed by atoms with Gasteiger partial charge in [-0.1, -0.05) is 0 Å². The Kier molecular flexibility index (Phi) is 3.48. The summed E-state index contributed by atoms with van der Waals surface area (Å²) in [6, 6.07) is 0. The van der Waals surface area contributed by atoms with Gasteiger partial charge in [0.15, 0.2) is 5.57 Å². The smallest absolute Gasteiger partial charge is 0.345 e. The highest BCUT2D eigenvalue weighted by Gasteiger charge is 2.18. The number of rotatable bonds is 3. The maximum absolute atomic E-state index is 10.6. The Bertz CT molecular complexity index is 251. The highest BCUT2D eigenvalue weighted by Crippen LogP contribution is 1.97. The maximum Gasteiger partial charge on any atom is 0.345 e. The first-order chi connectivity index (χ1) is 5.49. The average molecular weight is 174 g/mol. The summed E-state index contributed by atoms with van der Waals surface area (Å²) in [5, 5.41) is 16.4. The molecule has 0 radical (unpaired) electrons. The SMILES string of the molecule is COC(=O)/C(=C/C(=O)O)C(=O)O. The van der Waals surface area contributed by atoms with E-state index in [0.29, 0.717) is 0 Å². The number of carbonyl (C=O) groups is 3. The van der Waals surface area contributed by atoms with Gasteiger partial charge in [-0.05, 0) is 0 Å². The van der Waals surface area contributed by atoms with E-state index in [1.807, 2.05) is 0 Å². The van der Waals surface area contributed by atoms with Crippen molar-refractivity contribution in [1.29, 1.82) is 0 Å². The van der Waals surface area contributed by atoms with Crippen molar-refractivity contribution in [2.45, 2.75) is 0 Å². The molecule has 0 aliphatic rings. The number of carboxylic acid groups (broad SMARTS) is 2. The molecule has 2 N–H and O–H groups in total. The van der Waals surface area contributed by atoms with Crippen LogP contribution in [0.15, 0.2) is 11.6 Å². The van der Waals surface area contributed by atoms with Crippen molar-refractivity contribution in [1.82, 2.24) is 0 Å². The Hall–Kier alpha value is -1.85. The third kappa shape index (κ3) is 2.82. The number of ether oxygens (including phenoxy) is 1. The van der Waals surface area contributed by atoms with Gasteiger partial charge in [-0.25, -0.2) is 14.4 Å². The van der Waals surface area contributed by atoms with Crippen LogP contribution in [0.25, 0.3) is 0 Å². The van der Waals surface area contributed by atoms with Gasteiger partial charge >= 0.3 is 17.9 Å². The van der Waals surface area contributed by atoms with E-state index in [2.05, 4.69) is 4.74 Å². The molecule has 0 aromatic heterocycles. The topological polar surface area (TPSA) is 101 Å². The molecule has 0 saturated heterocycles. The molecule has 66 valence electrons. The molecule has 0 aliphatic carbocycles. The van der Waals surface area contributed by atoms with E-state index in [4.69, 9.17) is 10.2 Å². The number of hydrogen-bond acceptors (Lipinski definition) is 4. The largest absolute Gasteiger partial charge is 0.478 e. The lowest BCUT2D eigenvalue weighted by Gasteiger charge is -1.96. The first-order valence-electron chi connectivity index (χ1n) is 2.75. The van der Waals surface area contributed by atoms with E-state index < -0.39 is 23.5 Å². The summed E-state index contributed by atoms with van der Waals surface area (Å²) in [5.41, 5.74) is -0.912. The molecule has 0 heterocycles. The van der Waals surface area contributed by atoms with Gasteiger partial charge in [-0.3, -0.25) is 0 Å². The summed E-state index contributed by atoms with van der Waals surface area (Å²) in [5.74, 6) is -4.34. The molecule has 0 amide bonds. The zero-order valence-electron chi connectivity index (χ0n) is 6.10. The molecule has 0 aromatic carbocycles. The third-order valence-corrected chi connectivity index (χ3v) is 0.904. The fraction of sp³-hybridized carbons (Fsp3) is 0.167. The zero-order valence-corrected chi connectivity index (χ0v) is 6.10. The van der Waals surface area contributed by atoms with E-state index in [9.17, 15) is 14.4 Å². The number of methoxy groups -OCH3 is 1. The first kappa shape index (κ1) is 10.2. The monoisotopic (exact) mass is 174 g/mol. The number of esters is 1. The van der Waals surface area contributed by atoms with Crippen LogP contribution in [0.1, 0.15) is 0 Å². The van der Waals surface area contributed by atoms with Crippen LogP contribution in [0.5, 0.6) is 0 Å². The second-order valence-electron chi connectivity index (χ2n) is 1.69. The Morgan fingerprint density at radius 2 is 1.75 bits per heavy atom. The minimum atomic E-state index is -1.63. The Balaban J connectivity index is 4.79. The highest BCUT2D eigenvalue weighted by atomic mass is 16.5. The van der Waals surface area contributed by atoms with Gasteiger partial charge in [-0.2, -0.15) is 0 Å². The first-order valence-corrected chi connectivity index (χ1v) is 2.75. The molecule has 12 heavy (non-hydrogen) atoms. The fourth-order valence-electron chi connectivity index (χ4n) is 0.441. The lowest BCUT2D eigenvalue weighted by molar-refractivity contribution is -0.143. The minimum Gasteiger partial charge on any atom is -0.478 e. The second-order valence-corrected chi connectivity index (χ2v) is 1.69. The number of carboxylic acids is 2. The van der Waals surface area contributed by atoms with Gasteiger partial charge in [-0.15, -0.1) is 0 Å². The van der Waals surface area contributed by atoms with Gasteiger partial charge < -0.3 is 14.9 Å². The lowest BCUT2D eigenvalue weighted by Crippen LogP contribution is -2.15. The second kappa shape index (κ2) is 4.12. The summed E-state index contributed by atoms with van der Waals surface area (Å²) in [6.07, 6.45) is 0.272. The van der Waals surface area contributed by atoms with Gasteiger partial charge in [0.2, 0.25) is 0 Å². The van der Waals surface area contributed by atoms with Crippen LogP contribution in [0.2, 0.25) is 0 Å². The van der Waals surface area contributed by atoms with Crippen LogP contribution in [-0.2, 0) is 19.1 Å². The van der Waals surface area contributed by atoms with E-state index in [1.165, 1.54) is 0 Å². The van der Waals surface area contributed by atoms with Crippen molar-refractivity contribution in [3.8, 4) is 0 Å². The molecule has 0 saturated carbocycles. The van der Waals surface area contributed by atoms with Crippen molar-refractivity contribution in [3.05, 3.63) is 11.6 Å². The molecule has 6 nitrogen and oxygen atoms in total. The molecule has 0 aromatic rings. The predicted molar refractivity (Wildman–Crippen MR) is 35.4 cm³/mol. The third-order valence-electron chi connectivity index (χ3n) is 0.904. The average Bonchev–Trinajstić information content (AvgIpc) is 1.98. The van der Waals surface area contributed by atoms with Gasteiger partial charge in [0.25, 0.3) is 0 Å². The Morgan fingerprint density at radius 1 is 1.25 bits per heavy atom. The van der Waals surface area contributed by atoms with Crippen LogP contribution in [0, 0.1) is 0 Å². The van der Waals surface area contributed by atoms with Gasteiger partial charge in [0.1, 0.15) is 0 Å². The summed E-state index contributed by atoms with van der Waals surface area (Å²) in [7, 11) is 0.959. The summed E-state index contributed by atoms with van der Waals surface area (Å²) in [6.45, 7) is 0. The maximum atomic E-state index is 10.6. The van der Waals surface area contributed by atoms with E-state index in [-0.39, 0.29) is 6.08 Å². The molecule has 0 aliphatic heterocycles. The molecule has 0 fully saturated rings. The number of hydrogen-bond donors (Lipinski definition) is 2. The summed E-state index contributed by atoms with van der Waals surface area (Å²) >= 11 is 0. The van der Waals surface area contributed by atoms with Gasteiger partial charge in [0.05, 0.1) is 7.11 Å². The van der Waals surface area contributed by atoms with Crippen LogP contribution in [0.4, 0.5) is 0 Å². The van der Waals surface area contributed by atoms with Crippen molar-refractivity contribution in [3.63, 3.8) is 0 Å². The quantitative estimate of drug-likeness (QED) is 0.253. The van der Waals surface area contributed by atoms with Crippen molar-refractivity contribution < 1.29 is 29.3 Å². The molecule has 0 spiro atoms. The van der Waals surface area contributed by atoms with Crippen LogP contribution >= 0.6 is 0 Å². The van der Waals surface area contributed by atoms with Crippen molar-refractivity contribution >= 4 is 17.9 Å². The predicted octanol–water partition coefficient (Wildman–Crippen LogP) is -0.745. The number of aliphatic carboxylic acids is 2. The fourth-order valence-corrected chi connectivity index (χ4v) is 0.441. The van der Waals surface area contributed by atoms with Gasteiger partial charge in [0, 0.05) is 6.08 Å². The molecular weight excluding hydrogens is 168 g/mol. The van der Waals surface area contributed by atoms with Crippen LogP contribution < -0.4 is 0 Å². The molecule has 0 unspecified atom stereocenters. The molecule has 0 atom stereocenters. The lowest BCUT2D eigenvalue weighted by atomic mass is 10.2. The zero-order chi connectivity index (χ0) is 9.72. The molecular formula is C6H6O6. The highest BCUT2D eigenvalue weighted by molar-refractivity contribution is 6.16. The van der Waals surface area contributed by atoms with Crippen molar-refractivity contribution in [2.24, 2.45) is 0 Å². The molecule has 0 bridgehead atoms. The normalized spacial score (nSPS) is 10.6.